The molecule has 2 heterocycles. The van der Waals surface area contributed by atoms with Crippen LogP contribution in [0.1, 0.15) is 38.5 Å². The first kappa shape index (κ1) is 8.52. The van der Waals surface area contributed by atoms with Crippen LogP contribution in [-0.2, 0) is 9.47 Å². The summed E-state index contributed by atoms with van der Waals surface area (Å²) in [5.74, 6) is 0. The first-order valence-electron chi connectivity index (χ1n) is 5.18. The summed E-state index contributed by atoms with van der Waals surface area (Å²) in [6.45, 7) is 1.94. The van der Waals surface area contributed by atoms with E-state index in [0.29, 0.717) is 12.2 Å². The zero-order valence-corrected chi connectivity index (χ0v) is 7.63. The molecule has 2 fully saturated rings. The minimum absolute atomic E-state index is 0.502. The summed E-state index contributed by atoms with van der Waals surface area (Å²) in [4.78, 5) is 0. The van der Waals surface area contributed by atoms with Crippen LogP contribution < -0.4 is 0 Å². The topological polar surface area (TPSA) is 18.5 Å². The third-order valence-corrected chi connectivity index (χ3v) is 2.82. The summed E-state index contributed by atoms with van der Waals surface area (Å²) in [5, 5.41) is 0. The largest absolute Gasteiger partial charge is 0.378 e. The Morgan fingerprint density at radius 1 is 0.833 bits per heavy atom. The first-order valence-corrected chi connectivity index (χ1v) is 5.18. The van der Waals surface area contributed by atoms with E-state index in [1.807, 2.05) is 0 Å². The molecule has 2 heteroatoms. The SMILES string of the molecule is C1CCC(CC2CCCO2)OC1. The number of rotatable bonds is 2. The van der Waals surface area contributed by atoms with E-state index in [1.54, 1.807) is 0 Å². The normalized spacial score (nSPS) is 37.0. The highest BCUT2D eigenvalue weighted by Crippen LogP contribution is 2.23. The van der Waals surface area contributed by atoms with E-state index >= 15 is 0 Å². The van der Waals surface area contributed by atoms with E-state index in [2.05, 4.69) is 0 Å². The van der Waals surface area contributed by atoms with Gasteiger partial charge < -0.3 is 9.47 Å². The van der Waals surface area contributed by atoms with E-state index in [9.17, 15) is 0 Å². The summed E-state index contributed by atoms with van der Waals surface area (Å²) < 4.78 is 11.2. The second kappa shape index (κ2) is 4.24. The zero-order chi connectivity index (χ0) is 8.23. The van der Waals surface area contributed by atoms with Gasteiger partial charge in [-0.25, -0.2) is 0 Å². The van der Waals surface area contributed by atoms with Gasteiger partial charge in [0.15, 0.2) is 0 Å². The number of hydrogen-bond acceptors (Lipinski definition) is 2. The van der Waals surface area contributed by atoms with Crippen molar-refractivity contribution < 1.29 is 9.47 Å². The Morgan fingerprint density at radius 2 is 1.50 bits per heavy atom. The highest BCUT2D eigenvalue weighted by molar-refractivity contribution is 4.72. The molecule has 70 valence electrons. The molecule has 0 saturated carbocycles. The molecule has 2 aliphatic heterocycles. The van der Waals surface area contributed by atoms with Crippen LogP contribution in [0.2, 0.25) is 0 Å². The monoisotopic (exact) mass is 170 g/mol. The van der Waals surface area contributed by atoms with Gasteiger partial charge in [-0.15, -0.1) is 0 Å². The first-order chi connectivity index (χ1) is 5.95. The van der Waals surface area contributed by atoms with E-state index < -0.39 is 0 Å². The maximum Gasteiger partial charge on any atom is 0.0600 e. The molecule has 2 saturated heterocycles. The Hall–Kier alpha value is -0.0800. The van der Waals surface area contributed by atoms with Gasteiger partial charge in [-0.2, -0.15) is 0 Å². The number of hydrogen-bond donors (Lipinski definition) is 0. The van der Waals surface area contributed by atoms with Crippen LogP contribution in [-0.4, -0.2) is 25.4 Å². The van der Waals surface area contributed by atoms with Crippen molar-refractivity contribution in [2.24, 2.45) is 0 Å². The highest BCUT2D eigenvalue weighted by atomic mass is 16.5. The molecule has 0 bridgehead atoms. The average Bonchev–Trinajstić information content (AvgIpc) is 2.59. The predicted octanol–water partition coefficient (Wildman–Crippen LogP) is 2.12. The van der Waals surface area contributed by atoms with Crippen molar-refractivity contribution in [3.63, 3.8) is 0 Å². The van der Waals surface area contributed by atoms with Gasteiger partial charge in [-0.3, -0.25) is 0 Å². The molecule has 12 heavy (non-hydrogen) atoms. The van der Waals surface area contributed by atoms with E-state index in [0.717, 1.165) is 19.6 Å². The highest BCUT2D eigenvalue weighted by Gasteiger charge is 2.22. The van der Waals surface area contributed by atoms with Gasteiger partial charge >= 0.3 is 0 Å². The van der Waals surface area contributed by atoms with Gasteiger partial charge in [-0.05, 0) is 38.5 Å². The predicted molar refractivity (Wildman–Crippen MR) is 47.2 cm³/mol. The molecule has 2 nitrogen and oxygen atoms in total. The van der Waals surface area contributed by atoms with Crippen LogP contribution in [0, 0.1) is 0 Å². The lowest BCUT2D eigenvalue weighted by Gasteiger charge is -2.24. The minimum atomic E-state index is 0.502. The molecule has 0 aromatic heterocycles. The average molecular weight is 170 g/mol. The Kier molecular flexibility index (Phi) is 3.01. The summed E-state index contributed by atoms with van der Waals surface area (Å²) in [5.41, 5.74) is 0. The smallest absolute Gasteiger partial charge is 0.0600 e. The molecular formula is C10H18O2. The van der Waals surface area contributed by atoms with Crippen LogP contribution in [0.4, 0.5) is 0 Å². The van der Waals surface area contributed by atoms with Gasteiger partial charge in [0, 0.05) is 13.2 Å². The van der Waals surface area contributed by atoms with Crippen LogP contribution in [0.3, 0.4) is 0 Å². The third-order valence-electron chi connectivity index (χ3n) is 2.82. The Bertz CT molecular complexity index is 124. The summed E-state index contributed by atoms with van der Waals surface area (Å²) in [6, 6.07) is 0. The lowest BCUT2D eigenvalue weighted by Crippen LogP contribution is -2.24. The van der Waals surface area contributed by atoms with Crippen molar-refractivity contribution in [3.8, 4) is 0 Å². The second-order valence-corrected chi connectivity index (χ2v) is 3.86. The fourth-order valence-corrected chi connectivity index (χ4v) is 2.12. The van der Waals surface area contributed by atoms with Crippen molar-refractivity contribution in [2.45, 2.75) is 50.7 Å². The van der Waals surface area contributed by atoms with E-state index in [1.165, 1.54) is 32.1 Å². The molecule has 0 aromatic carbocycles. The van der Waals surface area contributed by atoms with E-state index in [-0.39, 0.29) is 0 Å². The van der Waals surface area contributed by atoms with Crippen LogP contribution in [0.25, 0.3) is 0 Å². The lowest BCUT2D eigenvalue weighted by atomic mass is 10.0. The van der Waals surface area contributed by atoms with Gasteiger partial charge in [0.1, 0.15) is 0 Å². The Balaban J connectivity index is 1.69. The molecule has 2 atom stereocenters. The molecular weight excluding hydrogens is 152 g/mol. The molecule has 0 aromatic rings. The minimum Gasteiger partial charge on any atom is -0.378 e. The molecule has 0 aliphatic carbocycles. The van der Waals surface area contributed by atoms with Crippen LogP contribution >= 0.6 is 0 Å². The third kappa shape index (κ3) is 2.20. The van der Waals surface area contributed by atoms with Crippen molar-refractivity contribution in [1.29, 1.82) is 0 Å². The second-order valence-electron chi connectivity index (χ2n) is 3.86. The van der Waals surface area contributed by atoms with Crippen molar-refractivity contribution in [2.75, 3.05) is 13.2 Å². The fraction of sp³-hybridized carbons (Fsp3) is 1.00. The lowest BCUT2D eigenvalue weighted by molar-refractivity contribution is -0.0209. The molecule has 0 radical (unpaired) electrons. The molecule has 2 rings (SSSR count). The van der Waals surface area contributed by atoms with Crippen molar-refractivity contribution in [1.82, 2.24) is 0 Å². The zero-order valence-electron chi connectivity index (χ0n) is 7.63. The quantitative estimate of drug-likeness (QED) is 0.632. The van der Waals surface area contributed by atoms with Gasteiger partial charge in [0.25, 0.3) is 0 Å². The fourth-order valence-electron chi connectivity index (χ4n) is 2.12. The van der Waals surface area contributed by atoms with Crippen molar-refractivity contribution >= 4 is 0 Å². The van der Waals surface area contributed by atoms with Gasteiger partial charge in [0.2, 0.25) is 0 Å². The van der Waals surface area contributed by atoms with Gasteiger partial charge in [0.05, 0.1) is 12.2 Å². The Morgan fingerprint density at radius 3 is 2.08 bits per heavy atom. The van der Waals surface area contributed by atoms with Crippen LogP contribution in [0.15, 0.2) is 0 Å². The van der Waals surface area contributed by atoms with Crippen LogP contribution in [0.5, 0.6) is 0 Å². The summed E-state index contributed by atoms with van der Waals surface area (Å²) in [6.07, 6.45) is 8.49. The molecule has 0 amide bonds. The summed E-state index contributed by atoms with van der Waals surface area (Å²) in [7, 11) is 0. The molecule has 2 unspecified atom stereocenters. The maximum atomic E-state index is 5.66. The summed E-state index contributed by atoms with van der Waals surface area (Å²) >= 11 is 0. The molecule has 0 N–H and O–H groups in total. The Labute approximate surface area is 74.2 Å². The van der Waals surface area contributed by atoms with Gasteiger partial charge in [-0.1, -0.05) is 0 Å². The molecule has 0 spiro atoms. The number of ether oxygens (including phenoxy) is 2. The standard InChI is InChI=1S/C10H18O2/c1-2-6-11-9(4-1)8-10-5-3-7-12-10/h9-10H,1-8H2. The molecule has 2 aliphatic rings. The van der Waals surface area contributed by atoms with Crippen molar-refractivity contribution in [3.05, 3.63) is 0 Å². The maximum absolute atomic E-state index is 5.66. The van der Waals surface area contributed by atoms with E-state index in [4.69, 9.17) is 9.47 Å².